The maximum absolute atomic E-state index is 3.92. The maximum atomic E-state index is 3.92. The molecule has 6 heteroatoms. The predicted molar refractivity (Wildman–Crippen MR) is 57.3 cm³/mol. The number of nitrogens with zero attached hydrogens (tertiary/aromatic N) is 4. The monoisotopic (exact) mass is 215 g/mol. The van der Waals surface area contributed by atoms with Crippen molar-refractivity contribution >= 4 is 11.8 Å². The predicted octanol–water partition coefficient (Wildman–Crippen LogP) is 0.690. The SMILES string of the molecule is CCNC(CC)CSc1nnnn1C. The minimum absolute atomic E-state index is 0.543. The van der Waals surface area contributed by atoms with Gasteiger partial charge in [-0.2, -0.15) is 0 Å². The van der Waals surface area contributed by atoms with E-state index >= 15 is 0 Å². The van der Waals surface area contributed by atoms with E-state index < -0.39 is 0 Å². The third-order valence-electron chi connectivity index (χ3n) is 1.98. The lowest BCUT2D eigenvalue weighted by molar-refractivity contribution is 0.559. The highest BCUT2D eigenvalue weighted by Gasteiger charge is 2.08. The van der Waals surface area contributed by atoms with Crippen LogP contribution >= 0.6 is 11.8 Å². The van der Waals surface area contributed by atoms with Crippen LogP contribution in [-0.4, -0.2) is 38.5 Å². The van der Waals surface area contributed by atoms with Crippen molar-refractivity contribution in [3.63, 3.8) is 0 Å². The van der Waals surface area contributed by atoms with Gasteiger partial charge in [0.15, 0.2) is 0 Å². The standard InChI is InChI=1S/C8H17N5S/c1-4-7(9-5-2)6-14-8-10-11-12-13(8)3/h7,9H,4-6H2,1-3H3. The second-order valence-electron chi connectivity index (χ2n) is 3.06. The molecule has 0 saturated heterocycles. The van der Waals surface area contributed by atoms with Gasteiger partial charge in [0.2, 0.25) is 5.16 Å². The molecule has 1 atom stereocenters. The summed E-state index contributed by atoms with van der Waals surface area (Å²) in [7, 11) is 1.86. The Labute approximate surface area is 88.6 Å². The Balaban J connectivity index is 2.35. The van der Waals surface area contributed by atoms with Gasteiger partial charge in [-0.05, 0) is 23.4 Å². The Morgan fingerprint density at radius 1 is 1.50 bits per heavy atom. The summed E-state index contributed by atoms with van der Waals surface area (Å²) >= 11 is 1.69. The van der Waals surface area contributed by atoms with Crippen LogP contribution < -0.4 is 5.32 Å². The minimum atomic E-state index is 0.543. The fourth-order valence-corrected chi connectivity index (χ4v) is 2.15. The second-order valence-corrected chi connectivity index (χ2v) is 4.05. The zero-order valence-electron chi connectivity index (χ0n) is 8.90. The molecule has 1 aromatic rings. The summed E-state index contributed by atoms with van der Waals surface area (Å²) < 4.78 is 1.70. The van der Waals surface area contributed by atoms with E-state index in [9.17, 15) is 0 Å². The van der Waals surface area contributed by atoms with Crippen LogP contribution in [-0.2, 0) is 7.05 Å². The minimum Gasteiger partial charge on any atom is -0.313 e. The molecule has 80 valence electrons. The van der Waals surface area contributed by atoms with Gasteiger partial charge in [0.25, 0.3) is 0 Å². The molecule has 0 aliphatic rings. The van der Waals surface area contributed by atoms with Crippen LogP contribution in [0.3, 0.4) is 0 Å². The van der Waals surface area contributed by atoms with Crippen LogP contribution in [0.5, 0.6) is 0 Å². The van der Waals surface area contributed by atoms with Crippen LogP contribution in [0, 0.1) is 0 Å². The van der Waals surface area contributed by atoms with Gasteiger partial charge in [-0.15, -0.1) is 5.10 Å². The van der Waals surface area contributed by atoms with Gasteiger partial charge < -0.3 is 5.32 Å². The fraction of sp³-hybridized carbons (Fsp3) is 0.875. The lowest BCUT2D eigenvalue weighted by Gasteiger charge is -2.13. The molecular weight excluding hydrogens is 198 g/mol. The molecule has 0 amide bonds. The van der Waals surface area contributed by atoms with E-state index in [1.165, 1.54) is 0 Å². The smallest absolute Gasteiger partial charge is 0.209 e. The summed E-state index contributed by atoms with van der Waals surface area (Å²) in [6, 6.07) is 0.543. The zero-order chi connectivity index (χ0) is 10.4. The second kappa shape index (κ2) is 5.98. The third kappa shape index (κ3) is 3.26. The topological polar surface area (TPSA) is 55.6 Å². The Morgan fingerprint density at radius 2 is 2.29 bits per heavy atom. The van der Waals surface area contributed by atoms with Crippen molar-refractivity contribution in [2.75, 3.05) is 12.3 Å². The molecule has 0 aromatic carbocycles. The highest BCUT2D eigenvalue weighted by Crippen LogP contribution is 2.14. The molecule has 0 bridgehead atoms. The van der Waals surface area contributed by atoms with Gasteiger partial charge in [-0.1, -0.05) is 25.6 Å². The van der Waals surface area contributed by atoms with Crippen LogP contribution in [0.2, 0.25) is 0 Å². The molecule has 5 nitrogen and oxygen atoms in total. The van der Waals surface area contributed by atoms with Gasteiger partial charge >= 0.3 is 0 Å². The number of nitrogens with one attached hydrogen (secondary N) is 1. The number of aromatic nitrogens is 4. The summed E-state index contributed by atoms with van der Waals surface area (Å²) in [5.74, 6) is 1.01. The van der Waals surface area contributed by atoms with E-state index in [1.54, 1.807) is 16.4 Å². The molecule has 1 N–H and O–H groups in total. The Bertz CT molecular complexity index is 262. The molecular formula is C8H17N5S. The molecule has 0 radical (unpaired) electrons. The van der Waals surface area contributed by atoms with E-state index in [-0.39, 0.29) is 0 Å². The van der Waals surface area contributed by atoms with Crippen molar-refractivity contribution in [2.45, 2.75) is 31.5 Å². The summed E-state index contributed by atoms with van der Waals surface area (Å²) in [6.07, 6.45) is 1.13. The molecule has 0 aliphatic heterocycles. The van der Waals surface area contributed by atoms with Gasteiger partial charge in [0.1, 0.15) is 0 Å². The van der Waals surface area contributed by atoms with Gasteiger partial charge in [0.05, 0.1) is 0 Å². The quantitative estimate of drug-likeness (QED) is 0.708. The first kappa shape index (κ1) is 11.5. The number of aryl methyl sites for hydroxylation is 1. The van der Waals surface area contributed by atoms with E-state index in [4.69, 9.17) is 0 Å². The molecule has 0 aliphatic carbocycles. The number of hydrogen-bond donors (Lipinski definition) is 1. The van der Waals surface area contributed by atoms with Crippen molar-refractivity contribution in [1.82, 2.24) is 25.5 Å². The van der Waals surface area contributed by atoms with Crippen LogP contribution in [0.4, 0.5) is 0 Å². The van der Waals surface area contributed by atoms with Gasteiger partial charge in [-0.25, -0.2) is 4.68 Å². The van der Waals surface area contributed by atoms with E-state index in [0.29, 0.717) is 6.04 Å². The maximum Gasteiger partial charge on any atom is 0.209 e. The first-order valence-electron chi connectivity index (χ1n) is 4.86. The molecule has 1 unspecified atom stereocenters. The lowest BCUT2D eigenvalue weighted by Crippen LogP contribution is -2.30. The van der Waals surface area contributed by atoms with Crippen LogP contribution in [0.15, 0.2) is 5.16 Å². The zero-order valence-corrected chi connectivity index (χ0v) is 9.71. The van der Waals surface area contributed by atoms with Crippen LogP contribution in [0.25, 0.3) is 0 Å². The molecule has 0 fully saturated rings. The largest absolute Gasteiger partial charge is 0.313 e. The Morgan fingerprint density at radius 3 is 2.79 bits per heavy atom. The van der Waals surface area contributed by atoms with Crippen molar-refractivity contribution < 1.29 is 0 Å². The highest BCUT2D eigenvalue weighted by atomic mass is 32.2. The molecule has 14 heavy (non-hydrogen) atoms. The van der Waals surface area contributed by atoms with Crippen LogP contribution in [0.1, 0.15) is 20.3 Å². The fourth-order valence-electron chi connectivity index (χ4n) is 1.13. The normalized spacial score (nSPS) is 13.1. The van der Waals surface area contributed by atoms with E-state index in [0.717, 1.165) is 23.9 Å². The first-order chi connectivity index (χ1) is 6.77. The number of rotatable bonds is 6. The van der Waals surface area contributed by atoms with E-state index in [2.05, 4.69) is 34.7 Å². The molecule has 1 aromatic heterocycles. The average molecular weight is 215 g/mol. The summed E-state index contributed by atoms with van der Waals surface area (Å²) in [5, 5.41) is 15.6. The molecule has 0 saturated carbocycles. The number of tetrazole rings is 1. The average Bonchev–Trinajstić information content (AvgIpc) is 2.59. The Hall–Kier alpha value is -0.620. The highest BCUT2D eigenvalue weighted by molar-refractivity contribution is 7.99. The third-order valence-corrected chi connectivity index (χ3v) is 3.15. The summed E-state index contributed by atoms with van der Waals surface area (Å²) in [5.41, 5.74) is 0. The summed E-state index contributed by atoms with van der Waals surface area (Å²) in [6.45, 7) is 5.32. The van der Waals surface area contributed by atoms with Crippen molar-refractivity contribution in [1.29, 1.82) is 0 Å². The summed E-state index contributed by atoms with van der Waals surface area (Å²) in [4.78, 5) is 0. The Kier molecular flexibility index (Phi) is 4.89. The van der Waals surface area contributed by atoms with Crippen molar-refractivity contribution in [3.8, 4) is 0 Å². The van der Waals surface area contributed by atoms with Crippen molar-refractivity contribution in [2.24, 2.45) is 7.05 Å². The van der Waals surface area contributed by atoms with Gasteiger partial charge in [0, 0.05) is 18.8 Å². The number of thioether (sulfide) groups is 1. The first-order valence-corrected chi connectivity index (χ1v) is 5.85. The van der Waals surface area contributed by atoms with Crippen molar-refractivity contribution in [3.05, 3.63) is 0 Å². The lowest BCUT2D eigenvalue weighted by atomic mass is 10.2. The molecule has 1 heterocycles. The molecule has 1 rings (SSSR count). The molecule has 0 spiro atoms. The van der Waals surface area contributed by atoms with E-state index in [1.807, 2.05) is 7.05 Å². The number of hydrogen-bond acceptors (Lipinski definition) is 5. The van der Waals surface area contributed by atoms with Gasteiger partial charge in [-0.3, -0.25) is 0 Å².